The van der Waals surface area contributed by atoms with Gasteiger partial charge in [-0.15, -0.1) is 0 Å². The van der Waals surface area contributed by atoms with Crippen LogP contribution in [0.1, 0.15) is 27.7 Å². The van der Waals surface area contributed by atoms with Gasteiger partial charge in [0.1, 0.15) is 5.41 Å². The molecule has 1 aromatic rings. The van der Waals surface area contributed by atoms with Crippen LogP contribution in [0.25, 0.3) is 0 Å². The molecule has 0 aliphatic carbocycles. The monoisotopic (exact) mass is 284 g/mol. The standard InChI is InChI=1S/C14H17ClO4/c1-9(2)18-10-7-5-6-8-11(10)19-13(17)14(3,4)12(15)16/h5-9H,1-4H3. The maximum Gasteiger partial charge on any atom is 0.325 e. The average Bonchev–Trinajstić information content (AvgIpc) is 2.30. The highest BCUT2D eigenvalue weighted by Crippen LogP contribution is 2.30. The number of ether oxygens (including phenoxy) is 2. The van der Waals surface area contributed by atoms with Gasteiger partial charge in [0.25, 0.3) is 0 Å². The van der Waals surface area contributed by atoms with E-state index >= 15 is 0 Å². The van der Waals surface area contributed by atoms with Crippen molar-refractivity contribution >= 4 is 22.8 Å². The SMILES string of the molecule is CC(C)Oc1ccccc1OC(=O)C(C)(C)C(=O)Cl. The lowest BCUT2D eigenvalue weighted by Gasteiger charge is -2.19. The summed E-state index contributed by atoms with van der Waals surface area (Å²) in [6, 6.07) is 6.78. The highest BCUT2D eigenvalue weighted by atomic mass is 35.5. The van der Waals surface area contributed by atoms with Crippen LogP contribution in [0.3, 0.4) is 0 Å². The van der Waals surface area contributed by atoms with Crippen LogP contribution in [-0.2, 0) is 9.59 Å². The summed E-state index contributed by atoms with van der Waals surface area (Å²) in [4.78, 5) is 23.1. The molecular weight excluding hydrogens is 268 g/mol. The molecule has 0 aromatic heterocycles. The molecule has 0 heterocycles. The molecule has 0 fully saturated rings. The maximum atomic E-state index is 11.9. The van der Waals surface area contributed by atoms with E-state index in [1.807, 2.05) is 13.8 Å². The van der Waals surface area contributed by atoms with Gasteiger partial charge in [-0.1, -0.05) is 12.1 Å². The molecule has 0 aliphatic rings. The van der Waals surface area contributed by atoms with Crippen LogP contribution in [0.4, 0.5) is 0 Å². The Kier molecular flexibility index (Phi) is 4.95. The third kappa shape index (κ3) is 3.96. The molecule has 104 valence electrons. The average molecular weight is 285 g/mol. The van der Waals surface area contributed by atoms with Crippen molar-refractivity contribution in [1.29, 1.82) is 0 Å². The molecule has 0 unspecified atom stereocenters. The molecule has 0 amide bonds. The fourth-order valence-corrected chi connectivity index (χ4v) is 1.27. The molecule has 1 rings (SSSR count). The van der Waals surface area contributed by atoms with E-state index in [1.165, 1.54) is 13.8 Å². The number of para-hydroxylation sites is 2. The van der Waals surface area contributed by atoms with Crippen LogP contribution in [-0.4, -0.2) is 17.3 Å². The van der Waals surface area contributed by atoms with E-state index in [2.05, 4.69) is 0 Å². The van der Waals surface area contributed by atoms with Crippen LogP contribution in [0.2, 0.25) is 0 Å². The van der Waals surface area contributed by atoms with Crippen molar-refractivity contribution in [2.24, 2.45) is 5.41 Å². The first-order chi connectivity index (χ1) is 8.75. The Morgan fingerprint density at radius 3 is 2.16 bits per heavy atom. The van der Waals surface area contributed by atoms with Gasteiger partial charge in [0.15, 0.2) is 11.5 Å². The third-order valence-corrected chi connectivity index (χ3v) is 2.89. The van der Waals surface area contributed by atoms with E-state index in [0.29, 0.717) is 5.75 Å². The number of hydrogen-bond donors (Lipinski definition) is 0. The summed E-state index contributed by atoms with van der Waals surface area (Å²) in [6.45, 7) is 6.56. The predicted molar refractivity (Wildman–Crippen MR) is 72.5 cm³/mol. The number of hydrogen-bond acceptors (Lipinski definition) is 4. The maximum absolute atomic E-state index is 11.9. The third-order valence-electron chi connectivity index (χ3n) is 2.42. The Morgan fingerprint density at radius 2 is 1.68 bits per heavy atom. The molecule has 0 spiro atoms. The summed E-state index contributed by atoms with van der Waals surface area (Å²) in [5, 5.41) is -0.764. The summed E-state index contributed by atoms with van der Waals surface area (Å²) < 4.78 is 10.7. The van der Waals surface area contributed by atoms with E-state index < -0.39 is 16.6 Å². The highest BCUT2D eigenvalue weighted by Gasteiger charge is 2.37. The molecule has 0 bridgehead atoms. The topological polar surface area (TPSA) is 52.6 Å². The van der Waals surface area contributed by atoms with Gasteiger partial charge in [-0.05, 0) is 51.4 Å². The van der Waals surface area contributed by atoms with Gasteiger partial charge in [-0.25, -0.2) is 0 Å². The minimum Gasteiger partial charge on any atom is -0.487 e. The molecule has 0 N–H and O–H groups in total. The van der Waals surface area contributed by atoms with Crippen molar-refractivity contribution in [3.05, 3.63) is 24.3 Å². The molecule has 0 saturated carbocycles. The lowest BCUT2D eigenvalue weighted by molar-refractivity contribution is -0.147. The largest absolute Gasteiger partial charge is 0.487 e. The number of esters is 1. The lowest BCUT2D eigenvalue weighted by Crippen LogP contribution is -2.34. The van der Waals surface area contributed by atoms with Gasteiger partial charge >= 0.3 is 5.97 Å². The van der Waals surface area contributed by atoms with Gasteiger partial charge in [0.2, 0.25) is 5.24 Å². The van der Waals surface area contributed by atoms with Crippen molar-refractivity contribution in [2.75, 3.05) is 0 Å². The highest BCUT2D eigenvalue weighted by molar-refractivity contribution is 6.66. The summed E-state index contributed by atoms with van der Waals surface area (Å²) in [5.41, 5.74) is -1.40. The lowest BCUT2D eigenvalue weighted by atomic mass is 9.96. The van der Waals surface area contributed by atoms with E-state index in [-0.39, 0.29) is 11.9 Å². The number of rotatable bonds is 5. The van der Waals surface area contributed by atoms with E-state index in [1.54, 1.807) is 24.3 Å². The molecule has 4 nitrogen and oxygen atoms in total. The Hall–Kier alpha value is -1.55. The van der Waals surface area contributed by atoms with Gasteiger partial charge < -0.3 is 9.47 Å². The first kappa shape index (κ1) is 15.5. The second-order valence-corrected chi connectivity index (χ2v) is 5.24. The Balaban J connectivity index is 2.94. The normalized spacial score (nSPS) is 11.3. The van der Waals surface area contributed by atoms with E-state index in [4.69, 9.17) is 21.1 Å². The van der Waals surface area contributed by atoms with Crippen LogP contribution >= 0.6 is 11.6 Å². The molecule has 5 heteroatoms. The van der Waals surface area contributed by atoms with Gasteiger partial charge in [-0.2, -0.15) is 0 Å². The minimum absolute atomic E-state index is 0.0532. The van der Waals surface area contributed by atoms with Gasteiger partial charge in [0, 0.05) is 0 Å². The fraction of sp³-hybridized carbons (Fsp3) is 0.429. The van der Waals surface area contributed by atoms with Crippen molar-refractivity contribution in [1.82, 2.24) is 0 Å². The Morgan fingerprint density at radius 1 is 1.16 bits per heavy atom. The first-order valence-electron chi connectivity index (χ1n) is 5.93. The van der Waals surface area contributed by atoms with Crippen LogP contribution in [0.5, 0.6) is 11.5 Å². The van der Waals surface area contributed by atoms with Crippen molar-refractivity contribution in [2.45, 2.75) is 33.8 Å². The predicted octanol–water partition coefficient (Wildman–Crippen LogP) is 3.17. The second kappa shape index (κ2) is 6.06. The number of halogens is 1. The fourth-order valence-electron chi connectivity index (χ4n) is 1.19. The minimum atomic E-state index is -1.40. The number of carbonyl (C=O) groups is 2. The number of benzene rings is 1. The molecule has 0 saturated heterocycles. The van der Waals surface area contributed by atoms with Crippen molar-refractivity contribution < 1.29 is 19.1 Å². The van der Waals surface area contributed by atoms with Crippen LogP contribution in [0.15, 0.2) is 24.3 Å². The summed E-state index contributed by atoms with van der Waals surface area (Å²) in [5.74, 6) is 0.00293. The summed E-state index contributed by atoms with van der Waals surface area (Å²) >= 11 is 5.38. The molecule has 19 heavy (non-hydrogen) atoms. The van der Waals surface area contributed by atoms with Crippen LogP contribution in [0, 0.1) is 5.41 Å². The second-order valence-electron chi connectivity index (χ2n) is 4.90. The molecular formula is C14H17ClO4. The molecule has 0 atom stereocenters. The zero-order valence-electron chi connectivity index (χ0n) is 11.4. The van der Waals surface area contributed by atoms with E-state index in [0.717, 1.165) is 0 Å². The molecule has 0 radical (unpaired) electrons. The summed E-state index contributed by atoms with van der Waals surface area (Å²) in [7, 11) is 0. The van der Waals surface area contributed by atoms with Crippen molar-refractivity contribution in [3.63, 3.8) is 0 Å². The van der Waals surface area contributed by atoms with Gasteiger partial charge in [0.05, 0.1) is 6.10 Å². The molecule has 1 aromatic carbocycles. The zero-order valence-corrected chi connectivity index (χ0v) is 12.2. The smallest absolute Gasteiger partial charge is 0.325 e. The van der Waals surface area contributed by atoms with Crippen LogP contribution < -0.4 is 9.47 Å². The van der Waals surface area contributed by atoms with Crippen molar-refractivity contribution in [3.8, 4) is 11.5 Å². The van der Waals surface area contributed by atoms with Gasteiger partial charge in [-0.3, -0.25) is 9.59 Å². The number of carbonyl (C=O) groups excluding carboxylic acids is 2. The quantitative estimate of drug-likeness (QED) is 0.361. The zero-order chi connectivity index (χ0) is 14.6. The Bertz CT molecular complexity index is 480. The first-order valence-corrected chi connectivity index (χ1v) is 6.31. The molecule has 0 aliphatic heterocycles. The Labute approximate surface area is 117 Å². The summed E-state index contributed by atoms with van der Waals surface area (Å²) in [6.07, 6.45) is -0.0532. The van der Waals surface area contributed by atoms with E-state index in [9.17, 15) is 9.59 Å².